The Bertz CT molecular complexity index is 352. The largest absolute Gasteiger partial charge is 0.381 e. The first-order valence-corrected chi connectivity index (χ1v) is 6.93. The van der Waals surface area contributed by atoms with Gasteiger partial charge in [-0.1, -0.05) is 6.07 Å². The van der Waals surface area contributed by atoms with Crippen LogP contribution in [0.1, 0.15) is 18.4 Å². The van der Waals surface area contributed by atoms with Crippen molar-refractivity contribution in [1.29, 1.82) is 0 Å². The van der Waals surface area contributed by atoms with Gasteiger partial charge in [0.1, 0.15) is 0 Å². The van der Waals surface area contributed by atoms with Crippen LogP contribution in [0.4, 0.5) is 5.69 Å². The number of thioether (sulfide) groups is 1. The summed E-state index contributed by atoms with van der Waals surface area (Å²) in [4.78, 5) is 1.40. The van der Waals surface area contributed by atoms with Gasteiger partial charge < -0.3 is 10.6 Å². The normalized spacial score (nSPS) is 19.0. The molecule has 2 rings (SSSR count). The summed E-state index contributed by atoms with van der Waals surface area (Å²) >= 11 is 1.98. The molecule has 1 aromatic rings. The highest BCUT2D eigenvalue weighted by Crippen LogP contribution is 2.34. The first-order chi connectivity index (χ1) is 7.79. The maximum Gasteiger partial charge on any atom is 0.0483 e. The topological polar surface area (TPSA) is 24.1 Å². The van der Waals surface area contributed by atoms with Crippen LogP contribution in [0.25, 0.3) is 0 Å². The summed E-state index contributed by atoms with van der Waals surface area (Å²) in [6.07, 6.45) is 2.50. The molecule has 88 valence electrons. The molecule has 1 aliphatic heterocycles. The van der Waals surface area contributed by atoms with Crippen LogP contribution in [0.15, 0.2) is 23.1 Å². The van der Waals surface area contributed by atoms with E-state index in [1.54, 1.807) is 0 Å². The smallest absolute Gasteiger partial charge is 0.0483 e. The molecule has 16 heavy (non-hydrogen) atoms. The molecular weight excluding hydrogens is 216 g/mol. The zero-order chi connectivity index (χ0) is 11.4. The third-order valence-electron chi connectivity index (χ3n) is 2.91. The van der Waals surface area contributed by atoms with Crippen LogP contribution >= 0.6 is 11.8 Å². The van der Waals surface area contributed by atoms with E-state index >= 15 is 0 Å². The minimum atomic E-state index is 0.632. The fourth-order valence-electron chi connectivity index (χ4n) is 2.02. The molecule has 0 bridgehead atoms. The highest BCUT2D eigenvalue weighted by atomic mass is 32.2. The van der Waals surface area contributed by atoms with Crippen LogP contribution in [0.3, 0.4) is 0 Å². The molecule has 1 aromatic carbocycles. The number of fused-ring (bicyclic) bond motifs is 1. The Kier molecular flexibility index (Phi) is 4.13. The maximum atomic E-state index is 3.65. The summed E-state index contributed by atoms with van der Waals surface area (Å²) < 4.78 is 0. The Morgan fingerprint density at radius 2 is 2.38 bits per heavy atom. The van der Waals surface area contributed by atoms with Crippen molar-refractivity contribution in [3.8, 4) is 0 Å². The van der Waals surface area contributed by atoms with E-state index in [4.69, 9.17) is 0 Å². The van der Waals surface area contributed by atoms with Crippen molar-refractivity contribution in [2.75, 3.05) is 24.7 Å². The summed E-state index contributed by atoms with van der Waals surface area (Å²) in [5.41, 5.74) is 2.66. The Hall–Kier alpha value is -0.670. The fraction of sp³-hybridized carbons (Fsp3) is 0.538. The van der Waals surface area contributed by atoms with Gasteiger partial charge in [0.25, 0.3) is 0 Å². The number of hydrogen-bond donors (Lipinski definition) is 2. The van der Waals surface area contributed by atoms with Crippen molar-refractivity contribution in [2.45, 2.75) is 30.7 Å². The zero-order valence-corrected chi connectivity index (χ0v) is 10.9. The van der Waals surface area contributed by atoms with Gasteiger partial charge in [0, 0.05) is 22.4 Å². The molecule has 2 nitrogen and oxygen atoms in total. The number of nitrogens with one attached hydrogen (secondary N) is 2. The predicted octanol–water partition coefficient (Wildman–Crippen LogP) is 2.88. The van der Waals surface area contributed by atoms with E-state index in [9.17, 15) is 0 Å². The number of benzene rings is 1. The quantitative estimate of drug-likeness (QED) is 0.786. The van der Waals surface area contributed by atoms with Crippen molar-refractivity contribution < 1.29 is 0 Å². The molecule has 0 spiro atoms. The Morgan fingerprint density at radius 1 is 1.50 bits per heavy atom. The van der Waals surface area contributed by atoms with Gasteiger partial charge in [-0.05, 0) is 51.1 Å². The summed E-state index contributed by atoms with van der Waals surface area (Å²) in [5.74, 6) is 1.19. The molecule has 0 aromatic heterocycles. The first kappa shape index (κ1) is 11.8. The highest BCUT2D eigenvalue weighted by Gasteiger charge is 2.17. The molecule has 1 unspecified atom stereocenters. The van der Waals surface area contributed by atoms with Crippen molar-refractivity contribution >= 4 is 17.4 Å². The second-order valence-electron chi connectivity index (χ2n) is 4.40. The Labute approximate surface area is 102 Å². The molecule has 0 saturated carbocycles. The SMILES string of the molecule is CNCCCC1CSc2ccc(C)cc2N1. The van der Waals surface area contributed by atoms with E-state index in [0.717, 1.165) is 6.54 Å². The molecule has 1 heterocycles. The van der Waals surface area contributed by atoms with Gasteiger partial charge in [0.05, 0.1) is 0 Å². The Morgan fingerprint density at radius 3 is 3.19 bits per heavy atom. The van der Waals surface area contributed by atoms with E-state index in [2.05, 4.69) is 35.8 Å². The molecule has 3 heteroatoms. The molecule has 1 aliphatic rings. The van der Waals surface area contributed by atoms with E-state index < -0.39 is 0 Å². The molecular formula is C13H20N2S. The molecule has 0 radical (unpaired) electrons. The number of aryl methyl sites for hydroxylation is 1. The van der Waals surface area contributed by atoms with E-state index in [-0.39, 0.29) is 0 Å². The highest BCUT2D eigenvalue weighted by molar-refractivity contribution is 7.99. The van der Waals surface area contributed by atoms with Crippen molar-refractivity contribution in [1.82, 2.24) is 5.32 Å². The summed E-state index contributed by atoms with van der Waals surface area (Å²) in [6, 6.07) is 7.31. The minimum absolute atomic E-state index is 0.632. The average Bonchev–Trinajstić information content (AvgIpc) is 2.29. The molecule has 0 fully saturated rings. The van der Waals surface area contributed by atoms with Gasteiger partial charge >= 0.3 is 0 Å². The van der Waals surface area contributed by atoms with Gasteiger partial charge in [-0.15, -0.1) is 11.8 Å². The third-order valence-corrected chi connectivity index (χ3v) is 4.15. The molecule has 1 atom stereocenters. The van der Waals surface area contributed by atoms with Crippen LogP contribution in [-0.2, 0) is 0 Å². The zero-order valence-electron chi connectivity index (χ0n) is 10.0. The summed E-state index contributed by atoms with van der Waals surface area (Å²) in [6.45, 7) is 3.26. The second kappa shape index (κ2) is 5.60. The minimum Gasteiger partial charge on any atom is -0.381 e. The van der Waals surface area contributed by atoms with Crippen LogP contribution in [0.5, 0.6) is 0 Å². The lowest BCUT2D eigenvalue weighted by atomic mass is 10.1. The third kappa shape index (κ3) is 2.92. The summed E-state index contributed by atoms with van der Waals surface area (Å²) in [7, 11) is 2.02. The van der Waals surface area contributed by atoms with Gasteiger partial charge in [-0.2, -0.15) is 0 Å². The van der Waals surface area contributed by atoms with Crippen molar-refractivity contribution in [2.24, 2.45) is 0 Å². The lowest BCUT2D eigenvalue weighted by molar-refractivity contribution is 0.626. The second-order valence-corrected chi connectivity index (χ2v) is 5.46. The molecule has 0 saturated heterocycles. The Balaban J connectivity index is 1.94. The van der Waals surface area contributed by atoms with E-state index in [1.165, 1.54) is 34.7 Å². The van der Waals surface area contributed by atoms with Crippen LogP contribution in [0.2, 0.25) is 0 Å². The van der Waals surface area contributed by atoms with Gasteiger partial charge in [0.15, 0.2) is 0 Å². The van der Waals surface area contributed by atoms with Crippen LogP contribution in [-0.4, -0.2) is 25.4 Å². The van der Waals surface area contributed by atoms with E-state index in [0.29, 0.717) is 6.04 Å². The van der Waals surface area contributed by atoms with Crippen LogP contribution in [0, 0.1) is 6.92 Å². The lowest BCUT2D eigenvalue weighted by Gasteiger charge is -2.26. The first-order valence-electron chi connectivity index (χ1n) is 5.94. The lowest BCUT2D eigenvalue weighted by Crippen LogP contribution is -2.27. The van der Waals surface area contributed by atoms with Crippen LogP contribution < -0.4 is 10.6 Å². The predicted molar refractivity (Wildman–Crippen MR) is 72.5 cm³/mol. The van der Waals surface area contributed by atoms with Gasteiger partial charge in [0.2, 0.25) is 0 Å². The summed E-state index contributed by atoms with van der Waals surface area (Å²) in [5, 5.41) is 6.85. The van der Waals surface area contributed by atoms with Crippen molar-refractivity contribution in [3.05, 3.63) is 23.8 Å². The molecule has 0 amide bonds. The number of hydrogen-bond acceptors (Lipinski definition) is 3. The standard InChI is InChI=1S/C13H20N2S/c1-10-5-6-13-12(8-10)15-11(9-16-13)4-3-7-14-2/h5-6,8,11,14-15H,3-4,7,9H2,1-2H3. The number of anilines is 1. The van der Waals surface area contributed by atoms with Crippen molar-refractivity contribution in [3.63, 3.8) is 0 Å². The van der Waals surface area contributed by atoms with E-state index in [1.807, 2.05) is 18.8 Å². The number of rotatable bonds is 4. The molecule has 2 N–H and O–H groups in total. The van der Waals surface area contributed by atoms with Gasteiger partial charge in [-0.25, -0.2) is 0 Å². The average molecular weight is 236 g/mol. The molecule has 0 aliphatic carbocycles. The van der Waals surface area contributed by atoms with Gasteiger partial charge in [-0.3, -0.25) is 0 Å². The fourth-order valence-corrected chi connectivity index (χ4v) is 3.08. The maximum absolute atomic E-state index is 3.65. The monoisotopic (exact) mass is 236 g/mol.